The van der Waals surface area contributed by atoms with E-state index in [1.807, 2.05) is 24.3 Å². The summed E-state index contributed by atoms with van der Waals surface area (Å²) in [7, 11) is 1.66. The lowest BCUT2D eigenvalue weighted by Gasteiger charge is -2.44. The summed E-state index contributed by atoms with van der Waals surface area (Å²) in [6, 6.07) is 7.66. The SMILES string of the molecule is COc1ccc(NC(N)=NCC(C)(C)N2CC(C)CC(C)C2)cc1. The number of guanidine groups is 1. The second-order valence-electron chi connectivity index (χ2n) is 7.72. The maximum Gasteiger partial charge on any atom is 0.193 e. The topological polar surface area (TPSA) is 62.9 Å². The molecule has 0 amide bonds. The van der Waals surface area contributed by atoms with Crippen molar-refractivity contribution in [3.05, 3.63) is 24.3 Å². The monoisotopic (exact) mass is 332 g/mol. The van der Waals surface area contributed by atoms with Crippen LogP contribution in [0.15, 0.2) is 29.3 Å². The molecule has 0 spiro atoms. The molecule has 2 rings (SSSR count). The number of nitrogens with zero attached hydrogens (tertiary/aromatic N) is 2. The third kappa shape index (κ3) is 5.13. The van der Waals surface area contributed by atoms with E-state index in [2.05, 4.69) is 42.9 Å². The first kappa shape index (κ1) is 18.6. The summed E-state index contributed by atoms with van der Waals surface area (Å²) in [5.74, 6) is 2.76. The van der Waals surface area contributed by atoms with Gasteiger partial charge in [0.05, 0.1) is 13.7 Å². The fraction of sp³-hybridized carbons (Fsp3) is 0.632. The molecule has 1 aliphatic rings. The summed E-state index contributed by atoms with van der Waals surface area (Å²) in [6.45, 7) is 12.1. The maximum atomic E-state index is 6.06. The minimum Gasteiger partial charge on any atom is -0.497 e. The van der Waals surface area contributed by atoms with Gasteiger partial charge in [-0.3, -0.25) is 9.89 Å². The van der Waals surface area contributed by atoms with Crippen molar-refractivity contribution < 1.29 is 4.74 Å². The molecule has 2 atom stereocenters. The lowest BCUT2D eigenvalue weighted by atomic mass is 9.88. The number of nitrogens with one attached hydrogen (secondary N) is 1. The highest BCUT2D eigenvalue weighted by Gasteiger charge is 2.32. The fourth-order valence-electron chi connectivity index (χ4n) is 3.40. The van der Waals surface area contributed by atoms with E-state index < -0.39 is 0 Å². The van der Waals surface area contributed by atoms with Crippen LogP contribution in [0.5, 0.6) is 5.75 Å². The van der Waals surface area contributed by atoms with Crippen LogP contribution in [0.1, 0.15) is 34.1 Å². The van der Waals surface area contributed by atoms with Gasteiger partial charge in [0.2, 0.25) is 0 Å². The summed E-state index contributed by atoms with van der Waals surface area (Å²) in [4.78, 5) is 7.12. The second kappa shape index (κ2) is 7.88. The fourth-order valence-corrected chi connectivity index (χ4v) is 3.40. The first-order valence-corrected chi connectivity index (χ1v) is 8.76. The van der Waals surface area contributed by atoms with E-state index in [0.717, 1.165) is 36.4 Å². The van der Waals surface area contributed by atoms with Crippen LogP contribution in [0.4, 0.5) is 5.69 Å². The Bertz CT molecular complexity index is 543. The number of aliphatic imine (C=N–C) groups is 1. The van der Waals surface area contributed by atoms with E-state index in [-0.39, 0.29) is 5.54 Å². The smallest absolute Gasteiger partial charge is 0.193 e. The highest BCUT2D eigenvalue weighted by molar-refractivity contribution is 5.92. The molecule has 1 aliphatic heterocycles. The third-order valence-corrected chi connectivity index (χ3v) is 4.72. The van der Waals surface area contributed by atoms with Gasteiger partial charge < -0.3 is 15.8 Å². The molecule has 3 N–H and O–H groups in total. The van der Waals surface area contributed by atoms with Crippen LogP contribution in [-0.2, 0) is 0 Å². The van der Waals surface area contributed by atoms with Crippen LogP contribution in [0.2, 0.25) is 0 Å². The van der Waals surface area contributed by atoms with Gasteiger partial charge in [0, 0.05) is 24.3 Å². The second-order valence-corrected chi connectivity index (χ2v) is 7.72. The number of piperidine rings is 1. The van der Waals surface area contributed by atoms with E-state index in [9.17, 15) is 0 Å². The zero-order valence-corrected chi connectivity index (χ0v) is 15.7. The van der Waals surface area contributed by atoms with Gasteiger partial charge in [-0.1, -0.05) is 13.8 Å². The van der Waals surface area contributed by atoms with E-state index in [4.69, 9.17) is 10.5 Å². The Kier molecular flexibility index (Phi) is 6.10. The molecule has 2 unspecified atom stereocenters. The zero-order chi connectivity index (χ0) is 17.7. The van der Waals surface area contributed by atoms with Crippen molar-refractivity contribution in [2.75, 3.05) is 32.1 Å². The first-order chi connectivity index (χ1) is 11.3. The van der Waals surface area contributed by atoms with Gasteiger partial charge in [0.1, 0.15) is 5.75 Å². The number of benzene rings is 1. The van der Waals surface area contributed by atoms with Crippen molar-refractivity contribution >= 4 is 11.6 Å². The van der Waals surface area contributed by atoms with Crippen molar-refractivity contribution in [3.63, 3.8) is 0 Å². The zero-order valence-electron chi connectivity index (χ0n) is 15.7. The number of nitrogens with two attached hydrogens (primary N) is 1. The van der Waals surface area contributed by atoms with E-state index in [1.54, 1.807) is 7.11 Å². The predicted octanol–water partition coefficient (Wildman–Crippen LogP) is 3.18. The number of anilines is 1. The number of ether oxygens (including phenoxy) is 1. The van der Waals surface area contributed by atoms with Crippen molar-refractivity contribution in [3.8, 4) is 5.75 Å². The van der Waals surface area contributed by atoms with Gasteiger partial charge in [0.15, 0.2) is 5.96 Å². The standard InChI is InChI=1S/C19H32N4O/c1-14-10-15(2)12-23(11-14)19(3,4)13-21-18(20)22-16-6-8-17(24-5)9-7-16/h6-9,14-15H,10-13H2,1-5H3,(H3,20,21,22). The Labute approximate surface area is 146 Å². The molecular weight excluding hydrogens is 300 g/mol. The van der Waals surface area contributed by atoms with Crippen molar-refractivity contribution in [2.45, 2.75) is 39.7 Å². The highest BCUT2D eigenvalue weighted by atomic mass is 16.5. The number of hydrogen-bond donors (Lipinski definition) is 2. The molecule has 0 aliphatic carbocycles. The highest BCUT2D eigenvalue weighted by Crippen LogP contribution is 2.27. The number of hydrogen-bond acceptors (Lipinski definition) is 3. The molecule has 5 nitrogen and oxygen atoms in total. The van der Waals surface area contributed by atoms with Gasteiger partial charge in [-0.25, -0.2) is 0 Å². The maximum absolute atomic E-state index is 6.06. The molecule has 0 bridgehead atoms. The Morgan fingerprint density at radius 3 is 2.38 bits per heavy atom. The molecule has 5 heteroatoms. The predicted molar refractivity (Wildman–Crippen MR) is 102 cm³/mol. The lowest BCUT2D eigenvalue weighted by molar-refractivity contribution is 0.0513. The molecule has 1 fully saturated rings. The molecular formula is C19H32N4O. The van der Waals surface area contributed by atoms with Gasteiger partial charge in [-0.05, 0) is 56.4 Å². The van der Waals surface area contributed by atoms with E-state index >= 15 is 0 Å². The molecule has 1 saturated heterocycles. The summed E-state index contributed by atoms with van der Waals surface area (Å²) in [5, 5.41) is 3.14. The Morgan fingerprint density at radius 2 is 1.83 bits per heavy atom. The molecule has 1 heterocycles. The van der Waals surface area contributed by atoms with Crippen LogP contribution in [-0.4, -0.2) is 43.1 Å². The van der Waals surface area contributed by atoms with Crippen LogP contribution in [0.25, 0.3) is 0 Å². The molecule has 0 radical (unpaired) electrons. The van der Waals surface area contributed by atoms with Gasteiger partial charge >= 0.3 is 0 Å². The third-order valence-electron chi connectivity index (χ3n) is 4.72. The van der Waals surface area contributed by atoms with Gasteiger partial charge in [0.25, 0.3) is 0 Å². The molecule has 24 heavy (non-hydrogen) atoms. The molecule has 1 aromatic rings. The number of rotatable bonds is 5. The van der Waals surface area contributed by atoms with Crippen LogP contribution in [0.3, 0.4) is 0 Å². The minimum atomic E-state index is 0.00908. The van der Waals surface area contributed by atoms with Crippen LogP contribution >= 0.6 is 0 Å². The minimum absolute atomic E-state index is 0.00908. The van der Waals surface area contributed by atoms with Gasteiger partial charge in [-0.2, -0.15) is 0 Å². The largest absolute Gasteiger partial charge is 0.497 e. The lowest BCUT2D eigenvalue weighted by Crippen LogP contribution is -2.52. The Balaban J connectivity index is 1.94. The summed E-state index contributed by atoms with van der Waals surface area (Å²) >= 11 is 0. The first-order valence-electron chi connectivity index (χ1n) is 8.76. The molecule has 134 valence electrons. The van der Waals surface area contributed by atoms with Crippen molar-refractivity contribution in [2.24, 2.45) is 22.6 Å². The quantitative estimate of drug-likeness (QED) is 0.642. The molecule has 1 aromatic carbocycles. The number of methoxy groups -OCH3 is 1. The Morgan fingerprint density at radius 1 is 1.25 bits per heavy atom. The summed E-state index contributed by atoms with van der Waals surface area (Å²) in [6.07, 6.45) is 1.32. The van der Waals surface area contributed by atoms with E-state index in [1.165, 1.54) is 6.42 Å². The average molecular weight is 332 g/mol. The van der Waals surface area contributed by atoms with Crippen LogP contribution < -0.4 is 15.8 Å². The molecule has 0 aromatic heterocycles. The van der Waals surface area contributed by atoms with Crippen molar-refractivity contribution in [1.82, 2.24) is 4.90 Å². The summed E-state index contributed by atoms with van der Waals surface area (Å²) in [5.41, 5.74) is 6.98. The van der Waals surface area contributed by atoms with Crippen LogP contribution in [0, 0.1) is 11.8 Å². The Hall–Kier alpha value is -1.75. The molecule has 0 saturated carbocycles. The number of likely N-dealkylation sites (tertiary alicyclic amines) is 1. The van der Waals surface area contributed by atoms with Crippen molar-refractivity contribution in [1.29, 1.82) is 0 Å². The van der Waals surface area contributed by atoms with Gasteiger partial charge in [-0.15, -0.1) is 0 Å². The van der Waals surface area contributed by atoms with E-state index in [0.29, 0.717) is 12.5 Å². The normalized spacial score (nSPS) is 23.1. The summed E-state index contributed by atoms with van der Waals surface area (Å²) < 4.78 is 5.16. The average Bonchev–Trinajstić information content (AvgIpc) is 2.53.